The lowest BCUT2D eigenvalue weighted by molar-refractivity contribution is -0.143. The van der Waals surface area contributed by atoms with E-state index in [1.807, 2.05) is 0 Å². The largest absolute Gasteiger partial charge is 0.379 e. The van der Waals surface area contributed by atoms with Gasteiger partial charge in [0, 0.05) is 12.7 Å². The van der Waals surface area contributed by atoms with Crippen LogP contribution in [0.15, 0.2) is 53.8 Å². The molecule has 0 bridgehead atoms. The van der Waals surface area contributed by atoms with Crippen molar-refractivity contribution in [2.24, 2.45) is 10.9 Å². The molecule has 8 heteroatoms. The zero-order valence-corrected chi connectivity index (χ0v) is 13.1. The van der Waals surface area contributed by atoms with E-state index in [4.69, 9.17) is 10.6 Å². The molecule has 2 aromatic rings. The average molecular weight is 338 g/mol. The van der Waals surface area contributed by atoms with Crippen molar-refractivity contribution in [3.63, 3.8) is 0 Å². The maximum absolute atomic E-state index is 12.2. The van der Waals surface area contributed by atoms with E-state index < -0.39 is 17.8 Å². The Hall–Kier alpha value is -3.55. The number of carbonyl (C=O) groups is 3. The van der Waals surface area contributed by atoms with Gasteiger partial charge in [0.15, 0.2) is 5.84 Å². The normalized spacial score (nSPS) is 13.8. The van der Waals surface area contributed by atoms with Crippen LogP contribution < -0.4 is 5.73 Å². The molecular weight excluding hydrogens is 324 g/mol. The number of imide groups is 1. The minimum atomic E-state index is -0.713. The molecule has 0 aliphatic carbocycles. The lowest BCUT2D eigenvalue weighted by Crippen LogP contribution is -2.32. The van der Waals surface area contributed by atoms with E-state index in [0.29, 0.717) is 16.8 Å². The number of nitrogens with two attached hydrogens (primary N) is 1. The second kappa shape index (κ2) is 6.91. The third kappa shape index (κ3) is 3.37. The molecule has 0 atom stereocenters. The third-order valence-corrected chi connectivity index (χ3v) is 3.59. The van der Waals surface area contributed by atoms with Crippen LogP contribution in [-0.2, 0) is 9.63 Å². The number of oxime groups is 1. The first-order valence-electron chi connectivity index (χ1n) is 7.48. The van der Waals surface area contributed by atoms with Crippen molar-refractivity contribution >= 4 is 23.6 Å². The molecule has 0 saturated carbocycles. The number of rotatable bonds is 5. The number of hydrogen-bond acceptors (Lipinski definition) is 6. The maximum Gasteiger partial charge on any atom is 0.336 e. The summed E-state index contributed by atoms with van der Waals surface area (Å²) in [6, 6.07) is 11.6. The van der Waals surface area contributed by atoms with Gasteiger partial charge < -0.3 is 10.6 Å². The Morgan fingerprint density at radius 2 is 1.72 bits per heavy atom. The monoisotopic (exact) mass is 338 g/mol. The van der Waals surface area contributed by atoms with Crippen LogP contribution in [-0.4, -0.2) is 40.0 Å². The molecule has 0 radical (unpaired) electrons. The smallest absolute Gasteiger partial charge is 0.336 e. The predicted octanol–water partition coefficient (Wildman–Crippen LogP) is 0.931. The molecule has 1 aromatic carbocycles. The van der Waals surface area contributed by atoms with Gasteiger partial charge in [0.1, 0.15) is 5.69 Å². The molecule has 2 heterocycles. The first-order valence-corrected chi connectivity index (χ1v) is 7.48. The van der Waals surface area contributed by atoms with Gasteiger partial charge in [0.25, 0.3) is 11.8 Å². The van der Waals surface area contributed by atoms with E-state index in [9.17, 15) is 14.4 Å². The highest BCUT2D eigenvalue weighted by atomic mass is 16.7. The Balaban J connectivity index is 1.57. The molecule has 1 aromatic heterocycles. The Bertz CT molecular complexity index is 829. The van der Waals surface area contributed by atoms with E-state index >= 15 is 0 Å². The van der Waals surface area contributed by atoms with E-state index in [-0.39, 0.29) is 18.8 Å². The van der Waals surface area contributed by atoms with E-state index in [0.717, 1.165) is 4.90 Å². The highest BCUT2D eigenvalue weighted by Gasteiger charge is 2.35. The fourth-order valence-corrected chi connectivity index (χ4v) is 2.35. The van der Waals surface area contributed by atoms with Crippen LogP contribution >= 0.6 is 0 Å². The van der Waals surface area contributed by atoms with Gasteiger partial charge in [-0.15, -0.1) is 0 Å². The molecule has 1 aliphatic heterocycles. The van der Waals surface area contributed by atoms with Gasteiger partial charge in [-0.2, -0.15) is 0 Å². The minimum absolute atomic E-state index is 0.0466. The standard InChI is InChI=1S/C17H14N4O4/c18-15(13-7-3-4-9-19-13)20-25-14(22)8-10-21-16(23)11-5-1-2-6-12(11)17(21)24/h1-7,9H,8,10H2,(H2,18,20). The fourth-order valence-electron chi connectivity index (χ4n) is 2.35. The number of benzene rings is 1. The van der Waals surface area contributed by atoms with Crippen LogP contribution in [0.2, 0.25) is 0 Å². The first kappa shape index (κ1) is 16.3. The number of nitrogens with zero attached hydrogens (tertiary/aromatic N) is 3. The summed E-state index contributed by atoms with van der Waals surface area (Å²) in [5.74, 6) is -1.61. The van der Waals surface area contributed by atoms with Crippen molar-refractivity contribution in [1.29, 1.82) is 0 Å². The molecule has 0 unspecified atom stereocenters. The Morgan fingerprint density at radius 1 is 1.08 bits per heavy atom. The molecule has 2 N–H and O–H groups in total. The van der Waals surface area contributed by atoms with Gasteiger partial charge in [-0.3, -0.25) is 19.5 Å². The molecule has 0 fully saturated rings. The fraction of sp³-hybridized carbons (Fsp3) is 0.118. The van der Waals surface area contributed by atoms with Crippen LogP contribution in [0.3, 0.4) is 0 Å². The van der Waals surface area contributed by atoms with Crippen LogP contribution in [0.4, 0.5) is 0 Å². The second-order valence-electron chi connectivity index (χ2n) is 5.21. The molecule has 126 valence electrons. The topological polar surface area (TPSA) is 115 Å². The highest BCUT2D eigenvalue weighted by Crippen LogP contribution is 2.22. The number of hydrogen-bond donors (Lipinski definition) is 1. The molecule has 0 spiro atoms. The van der Waals surface area contributed by atoms with Crippen LogP contribution in [0, 0.1) is 0 Å². The van der Waals surface area contributed by atoms with Gasteiger partial charge in [-0.25, -0.2) is 4.79 Å². The summed E-state index contributed by atoms with van der Waals surface area (Å²) < 4.78 is 0. The molecule has 25 heavy (non-hydrogen) atoms. The number of amidine groups is 1. The van der Waals surface area contributed by atoms with Gasteiger partial charge in [0.2, 0.25) is 0 Å². The summed E-state index contributed by atoms with van der Waals surface area (Å²) in [5, 5.41) is 3.51. The zero-order valence-electron chi connectivity index (χ0n) is 13.1. The summed E-state index contributed by atoms with van der Waals surface area (Å²) in [7, 11) is 0. The Morgan fingerprint density at radius 3 is 2.32 bits per heavy atom. The van der Waals surface area contributed by atoms with Crippen molar-refractivity contribution in [3.05, 3.63) is 65.5 Å². The predicted molar refractivity (Wildman–Crippen MR) is 87.5 cm³/mol. The molecule has 8 nitrogen and oxygen atoms in total. The van der Waals surface area contributed by atoms with E-state index in [1.165, 1.54) is 6.20 Å². The van der Waals surface area contributed by atoms with Crippen molar-refractivity contribution < 1.29 is 19.2 Å². The van der Waals surface area contributed by atoms with Crippen molar-refractivity contribution in [2.45, 2.75) is 6.42 Å². The molecule has 1 aliphatic rings. The summed E-state index contributed by atoms with van der Waals surface area (Å²) in [6.07, 6.45) is 1.34. The van der Waals surface area contributed by atoms with Crippen molar-refractivity contribution in [3.8, 4) is 0 Å². The Labute approximate surface area is 142 Å². The lowest BCUT2D eigenvalue weighted by atomic mass is 10.1. The van der Waals surface area contributed by atoms with E-state index in [2.05, 4.69) is 10.1 Å². The number of carbonyl (C=O) groups excluding carboxylic acids is 3. The minimum Gasteiger partial charge on any atom is -0.379 e. The lowest BCUT2D eigenvalue weighted by Gasteiger charge is -2.12. The summed E-state index contributed by atoms with van der Waals surface area (Å²) in [4.78, 5) is 45.8. The average Bonchev–Trinajstić information content (AvgIpc) is 2.89. The summed E-state index contributed by atoms with van der Waals surface area (Å²) >= 11 is 0. The number of fused-ring (bicyclic) bond motifs is 1. The number of pyridine rings is 1. The molecule has 3 rings (SSSR count). The maximum atomic E-state index is 12.2. The summed E-state index contributed by atoms with van der Waals surface area (Å²) in [5.41, 5.74) is 6.69. The van der Waals surface area contributed by atoms with Gasteiger partial charge >= 0.3 is 5.97 Å². The van der Waals surface area contributed by atoms with Gasteiger partial charge in [-0.1, -0.05) is 23.4 Å². The van der Waals surface area contributed by atoms with Gasteiger partial charge in [-0.05, 0) is 24.3 Å². The number of amides is 2. The highest BCUT2D eigenvalue weighted by molar-refractivity contribution is 6.21. The van der Waals surface area contributed by atoms with E-state index in [1.54, 1.807) is 42.5 Å². The molecule has 2 amide bonds. The Kier molecular flexibility index (Phi) is 4.51. The van der Waals surface area contributed by atoms with Gasteiger partial charge in [0.05, 0.1) is 17.5 Å². The number of aromatic nitrogens is 1. The first-order chi connectivity index (χ1) is 12.1. The van der Waals surface area contributed by atoms with Crippen LogP contribution in [0.25, 0.3) is 0 Å². The van der Waals surface area contributed by atoms with Crippen molar-refractivity contribution in [2.75, 3.05) is 6.54 Å². The van der Waals surface area contributed by atoms with Crippen LogP contribution in [0.1, 0.15) is 32.8 Å². The SMILES string of the molecule is N/C(=N/OC(=O)CCN1C(=O)c2ccccc2C1=O)c1ccccn1. The molecule has 0 saturated heterocycles. The quantitative estimate of drug-likeness (QED) is 0.285. The second-order valence-corrected chi connectivity index (χ2v) is 5.21. The zero-order chi connectivity index (χ0) is 17.8. The third-order valence-electron chi connectivity index (χ3n) is 3.59. The molecular formula is C17H14N4O4. The summed E-state index contributed by atoms with van der Waals surface area (Å²) in [6.45, 7) is -0.0931. The van der Waals surface area contributed by atoms with Crippen molar-refractivity contribution in [1.82, 2.24) is 9.88 Å². The van der Waals surface area contributed by atoms with Crippen LogP contribution in [0.5, 0.6) is 0 Å².